The number of carbonyl (C=O) groups is 2. The van der Waals surface area contributed by atoms with Crippen LogP contribution in [-0.4, -0.2) is 60.1 Å². The highest BCUT2D eigenvalue weighted by molar-refractivity contribution is 7.08. The molecule has 2 aliphatic rings. The fourth-order valence-electron chi connectivity index (χ4n) is 2.77. The average Bonchev–Trinajstić information content (AvgIpc) is 3.17. The van der Waals surface area contributed by atoms with E-state index in [1.54, 1.807) is 10.8 Å². The molecule has 0 unspecified atom stereocenters. The summed E-state index contributed by atoms with van der Waals surface area (Å²) in [6.45, 7) is 0.913. The number of nitrogens with zero attached hydrogens (tertiary/aromatic N) is 2. The van der Waals surface area contributed by atoms with Gasteiger partial charge < -0.3 is 9.80 Å². The van der Waals surface area contributed by atoms with Crippen LogP contribution in [0.3, 0.4) is 0 Å². The zero-order valence-electron chi connectivity index (χ0n) is 11.4. The van der Waals surface area contributed by atoms with Crippen molar-refractivity contribution in [1.29, 1.82) is 0 Å². The maximum Gasteiger partial charge on any atom is 0.255 e. The van der Waals surface area contributed by atoms with Gasteiger partial charge in [0.25, 0.3) is 11.8 Å². The van der Waals surface area contributed by atoms with E-state index < -0.39 is 12.3 Å². The Labute approximate surface area is 125 Å². The molecule has 2 amide bonds. The summed E-state index contributed by atoms with van der Waals surface area (Å²) in [7, 11) is 0. The van der Waals surface area contributed by atoms with Crippen LogP contribution < -0.4 is 0 Å². The summed E-state index contributed by atoms with van der Waals surface area (Å²) < 4.78 is 26.4. The molecule has 1 aromatic heterocycles. The molecular formula is C14H16F2N2O2S. The van der Waals surface area contributed by atoms with E-state index in [2.05, 4.69) is 0 Å². The number of carbonyl (C=O) groups excluding carboxylic acids is 2. The highest BCUT2D eigenvalue weighted by Gasteiger charge is 2.32. The minimum absolute atomic E-state index is 0.0819. The van der Waals surface area contributed by atoms with Gasteiger partial charge in [-0.15, -0.1) is 0 Å². The van der Waals surface area contributed by atoms with Crippen molar-refractivity contribution in [2.75, 3.05) is 26.2 Å². The third-order valence-electron chi connectivity index (χ3n) is 3.96. The second-order valence-electron chi connectivity index (χ2n) is 5.47. The smallest absolute Gasteiger partial charge is 0.255 e. The van der Waals surface area contributed by atoms with Crippen molar-refractivity contribution in [3.63, 3.8) is 0 Å². The second-order valence-corrected chi connectivity index (χ2v) is 6.22. The van der Waals surface area contributed by atoms with E-state index in [-0.39, 0.29) is 24.9 Å². The monoisotopic (exact) mass is 314 g/mol. The number of rotatable bonds is 2. The molecule has 2 fully saturated rings. The fraction of sp³-hybridized carbons (Fsp3) is 0.571. The Bertz CT molecular complexity index is 516. The van der Waals surface area contributed by atoms with Crippen LogP contribution in [0, 0.1) is 0 Å². The van der Waals surface area contributed by atoms with Gasteiger partial charge in [-0.25, -0.2) is 8.78 Å². The third kappa shape index (κ3) is 2.79. The Hall–Kier alpha value is -1.50. The molecule has 0 N–H and O–H groups in total. The van der Waals surface area contributed by atoms with E-state index in [4.69, 9.17) is 0 Å². The van der Waals surface area contributed by atoms with Gasteiger partial charge in [0.15, 0.2) is 0 Å². The number of hydrogen-bond acceptors (Lipinski definition) is 3. The Kier molecular flexibility index (Phi) is 3.93. The number of hydrogen-bond donors (Lipinski definition) is 0. The van der Waals surface area contributed by atoms with Crippen LogP contribution in [0.5, 0.6) is 0 Å². The van der Waals surface area contributed by atoms with Gasteiger partial charge in [-0.05, 0) is 12.8 Å². The van der Waals surface area contributed by atoms with Crippen LogP contribution in [0.2, 0.25) is 0 Å². The van der Waals surface area contributed by atoms with Crippen molar-refractivity contribution in [3.05, 3.63) is 21.9 Å². The van der Waals surface area contributed by atoms with Gasteiger partial charge in [0.2, 0.25) is 0 Å². The Balaban J connectivity index is 1.77. The van der Waals surface area contributed by atoms with Crippen molar-refractivity contribution < 1.29 is 18.4 Å². The lowest BCUT2D eigenvalue weighted by Gasteiger charge is -2.18. The molecule has 1 aromatic rings. The zero-order valence-corrected chi connectivity index (χ0v) is 12.2. The van der Waals surface area contributed by atoms with E-state index in [0.717, 1.165) is 0 Å². The molecule has 2 atom stereocenters. The molecule has 21 heavy (non-hydrogen) atoms. The van der Waals surface area contributed by atoms with Gasteiger partial charge in [-0.2, -0.15) is 11.3 Å². The van der Waals surface area contributed by atoms with E-state index in [0.29, 0.717) is 37.1 Å². The molecule has 3 rings (SSSR count). The maximum absolute atomic E-state index is 13.2. The third-order valence-corrected chi connectivity index (χ3v) is 4.70. The number of thiophene rings is 1. The molecule has 114 valence electrons. The first-order valence-corrected chi connectivity index (χ1v) is 7.93. The largest absolute Gasteiger partial charge is 0.336 e. The van der Waals surface area contributed by atoms with Gasteiger partial charge in [0.1, 0.15) is 12.3 Å². The topological polar surface area (TPSA) is 40.6 Å². The van der Waals surface area contributed by atoms with Crippen LogP contribution >= 0.6 is 11.3 Å². The predicted octanol–water partition coefficient (Wildman–Crippen LogP) is 2.12. The van der Waals surface area contributed by atoms with E-state index in [1.165, 1.54) is 21.1 Å². The lowest BCUT2D eigenvalue weighted by atomic mass is 10.1. The maximum atomic E-state index is 13.2. The summed E-state index contributed by atoms with van der Waals surface area (Å²) >= 11 is 1.26. The lowest BCUT2D eigenvalue weighted by molar-refractivity contribution is 0.0746. The van der Waals surface area contributed by atoms with Gasteiger partial charge in [0, 0.05) is 23.8 Å². The Morgan fingerprint density at radius 2 is 1.38 bits per heavy atom. The molecule has 2 aliphatic heterocycles. The first kappa shape index (κ1) is 14.4. The number of amides is 2. The Morgan fingerprint density at radius 3 is 1.71 bits per heavy atom. The summed E-state index contributed by atoms with van der Waals surface area (Å²) in [5.41, 5.74) is 0.614. The summed E-state index contributed by atoms with van der Waals surface area (Å²) in [6.07, 6.45) is -1.29. The van der Waals surface area contributed by atoms with Crippen molar-refractivity contribution in [2.24, 2.45) is 0 Å². The van der Waals surface area contributed by atoms with Crippen LogP contribution in [0.1, 0.15) is 33.6 Å². The quantitative estimate of drug-likeness (QED) is 0.839. The fourth-order valence-corrected chi connectivity index (χ4v) is 3.57. The van der Waals surface area contributed by atoms with Crippen LogP contribution in [0.4, 0.5) is 8.78 Å². The normalized spacial score (nSPS) is 25.6. The molecule has 2 saturated heterocycles. The standard InChI is InChI=1S/C14H16F2N2O2S/c15-9-1-3-17(5-9)13(19)11-7-21-8-12(11)14(20)18-4-2-10(16)6-18/h7-10H,1-6H2/t9-,10-/m1/s1. The average molecular weight is 314 g/mol. The van der Waals surface area contributed by atoms with Crippen molar-refractivity contribution in [2.45, 2.75) is 25.2 Å². The summed E-state index contributed by atoms with van der Waals surface area (Å²) in [4.78, 5) is 27.6. The second kappa shape index (κ2) is 5.71. The molecular weight excluding hydrogens is 298 g/mol. The van der Waals surface area contributed by atoms with Gasteiger partial charge in [-0.3, -0.25) is 9.59 Å². The molecule has 0 aliphatic carbocycles. The van der Waals surface area contributed by atoms with Crippen LogP contribution in [0.25, 0.3) is 0 Å². The highest BCUT2D eigenvalue weighted by atomic mass is 32.1. The molecule has 3 heterocycles. The number of likely N-dealkylation sites (tertiary alicyclic amines) is 2. The summed E-state index contributed by atoms with van der Waals surface area (Å²) in [5, 5.41) is 3.23. The van der Waals surface area contributed by atoms with Crippen molar-refractivity contribution in [3.8, 4) is 0 Å². The lowest BCUT2D eigenvalue weighted by Crippen LogP contribution is -2.33. The Morgan fingerprint density at radius 1 is 0.952 bits per heavy atom. The molecule has 0 bridgehead atoms. The molecule has 7 heteroatoms. The molecule has 0 aromatic carbocycles. The van der Waals surface area contributed by atoms with Crippen LogP contribution in [-0.2, 0) is 0 Å². The van der Waals surface area contributed by atoms with Crippen molar-refractivity contribution in [1.82, 2.24) is 9.80 Å². The molecule has 0 radical (unpaired) electrons. The van der Waals surface area contributed by atoms with Crippen molar-refractivity contribution >= 4 is 23.2 Å². The van der Waals surface area contributed by atoms with E-state index in [1.807, 2.05) is 0 Å². The number of halogens is 2. The highest BCUT2D eigenvalue weighted by Crippen LogP contribution is 2.24. The minimum Gasteiger partial charge on any atom is -0.336 e. The zero-order chi connectivity index (χ0) is 15.0. The predicted molar refractivity (Wildman–Crippen MR) is 75.2 cm³/mol. The van der Waals surface area contributed by atoms with Crippen LogP contribution in [0.15, 0.2) is 10.8 Å². The first-order valence-electron chi connectivity index (χ1n) is 6.99. The SMILES string of the molecule is O=C(c1cscc1C(=O)N1CC[C@@H](F)C1)N1CC[C@@H](F)C1. The molecule has 0 spiro atoms. The summed E-state index contributed by atoms with van der Waals surface area (Å²) in [5.74, 6) is -0.619. The number of alkyl halides is 2. The summed E-state index contributed by atoms with van der Waals surface area (Å²) in [6, 6.07) is 0. The molecule has 4 nitrogen and oxygen atoms in total. The first-order chi connectivity index (χ1) is 10.1. The van der Waals surface area contributed by atoms with E-state index in [9.17, 15) is 18.4 Å². The van der Waals surface area contributed by atoms with E-state index >= 15 is 0 Å². The minimum atomic E-state index is -0.988. The van der Waals surface area contributed by atoms with Gasteiger partial charge in [-0.1, -0.05) is 0 Å². The van der Waals surface area contributed by atoms with Gasteiger partial charge >= 0.3 is 0 Å². The van der Waals surface area contributed by atoms with Gasteiger partial charge in [0.05, 0.1) is 24.2 Å². The molecule has 0 saturated carbocycles.